The Morgan fingerprint density at radius 2 is 1.90 bits per heavy atom. The average molecular weight is 326 g/mol. The first-order valence-electron chi connectivity index (χ1n) is 6.12. The fraction of sp³-hybridized carbons (Fsp3) is 0.727. The maximum absolute atomic E-state index is 12.5. The largest absolute Gasteiger partial charge is 0.383 e. The topological polar surface area (TPSA) is 73.7 Å². The first-order chi connectivity index (χ1) is 9.56. The van der Waals surface area contributed by atoms with Gasteiger partial charge in [-0.05, 0) is 0 Å². The Balaban J connectivity index is 2.88. The minimum atomic E-state index is -3.60. The van der Waals surface area contributed by atoms with Crippen LogP contribution in [-0.4, -0.2) is 68.9 Å². The molecule has 0 unspecified atom stereocenters. The summed E-state index contributed by atoms with van der Waals surface area (Å²) < 4.78 is 37.7. The van der Waals surface area contributed by atoms with Crippen molar-refractivity contribution in [3.8, 4) is 0 Å². The summed E-state index contributed by atoms with van der Waals surface area (Å²) in [7, 11) is -0.541. The second kappa shape index (κ2) is 8.58. The molecular weight excluding hydrogens is 306 g/mol. The Bertz CT molecular complexity index is 484. The molecule has 0 saturated carbocycles. The number of ether oxygens (including phenoxy) is 2. The summed E-state index contributed by atoms with van der Waals surface area (Å²) in [6, 6.07) is 0. The van der Waals surface area contributed by atoms with Crippen molar-refractivity contribution < 1.29 is 17.9 Å². The highest BCUT2D eigenvalue weighted by molar-refractivity contribution is 7.89. The molecule has 116 valence electrons. The van der Waals surface area contributed by atoms with Crippen molar-refractivity contribution in [2.75, 3.05) is 46.4 Å². The summed E-state index contributed by atoms with van der Waals surface area (Å²) in [6.45, 7) is 1.64. The Labute approximate surface area is 124 Å². The van der Waals surface area contributed by atoms with E-state index < -0.39 is 10.0 Å². The predicted molar refractivity (Wildman–Crippen MR) is 75.5 cm³/mol. The zero-order valence-electron chi connectivity index (χ0n) is 11.7. The van der Waals surface area contributed by atoms with Gasteiger partial charge in [0, 0.05) is 39.4 Å². The van der Waals surface area contributed by atoms with E-state index in [1.54, 1.807) is 0 Å². The van der Waals surface area contributed by atoms with Crippen LogP contribution in [0.4, 0.5) is 0 Å². The zero-order chi connectivity index (χ0) is 15.0. The number of hydrogen-bond donors (Lipinski definition) is 0. The fourth-order valence-electron chi connectivity index (χ4n) is 1.57. The molecule has 20 heavy (non-hydrogen) atoms. The van der Waals surface area contributed by atoms with E-state index in [0.717, 1.165) is 0 Å². The smallest absolute Gasteiger partial charge is 0.246 e. The molecule has 7 nitrogen and oxygen atoms in total. The van der Waals surface area contributed by atoms with Crippen LogP contribution < -0.4 is 0 Å². The Hall–Kier alpha value is -0.670. The van der Waals surface area contributed by atoms with Crippen molar-refractivity contribution in [1.82, 2.24) is 14.1 Å². The van der Waals surface area contributed by atoms with Gasteiger partial charge in [-0.3, -0.25) is 4.68 Å². The summed E-state index contributed by atoms with van der Waals surface area (Å²) in [6.07, 6.45) is 2.80. The highest BCUT2D eigenvalue weighted by atomic mass is 35.5. The van der Waals surface area contributed by atoms with E-state index >= 15 is 0 Å². The molecule has 0 aliphatic carbocycles. The Morgan fingerprint density at radius 1 is 1.30 bits per heavy atom. The SMILES string of the molecule is COCCN(CCOC)S(=O)(=O)c1cnn(CCCl)c1. The minimum absolute atomic E-state index is 0.148. The van der Waals surface area contributed by atoms with Crippen molar-refractivity contribution in [3.05, 3.63) is 12.4 Å². The van der Waals surface area contributed by atoms with Crippen molar-refractivity contribution in [3.63, 3.8) is 0 Å². The predicted octanol–water partition coefficient (Wildman–Crippen LogP) is 0.405. The number of rotatable bonds is 10. The first kappa shape index (κ1) is 17.4. The number of alkyl halides is 1. The average Bonchev–Trinajstić information content (AvgIpc) is 2.88. The number of sulfonamides is 1. The number of aryl methyl sites for hydroxylation is 1. The van der Waals surface area contributed by atoms with E-state index in [0.29, 0.717) is 25.6 Å². The second-order valence-corrected chi connectivity index (χ2v) is 6.33. The van der Waals surface area contributed by atoms with Gasteiger partial charge < -0.3 is 9.47 Å². The van der Waals surface area contributed by atoms with Gasteiger partial charge >= 0.3 is 0 Å². The third kappa shape index (κ3) is 4.71. The zero-order valence-corrected chi connectivity index (χ0v) is 13.2. The highest BCUT2D eigenvalue weighted by Crippen LogP contribution is 2.14. The first-order valence-corrected chi connectivity index (χ1v) is 8.10. The van der Waals surface area contributed by atoms with E-state index in [4.69, 9.17) is 21.1 Å². The maximum Gasteiger partial charge on any atom is 0.246 e. The lowest BCUT2D eigenvalue weighted by molar-refractivity contribution is 0.150. The van der Waals surface area contributed by atoms with Gasteiger partial charge in [0.05, 0.1) is 26.0 Å². The maximum atomic E-state index is 12.5. The third-order valence-corrected chi connectivity index (χ3v) is 4.67. The monoisotopic (exact) mass is 325 g/mol. The molecule has 0 radical (unpaired) electrons. The van der Waals surface area contributed by atoms with Gasteiger partial charge in [0.1, 0.15) is 4.90 Å². The van der Waals surface area contributed by atoms with Gasteiger partial charge in [0.25, 0.3) is 0 Å². The highest BCUT2D eigenvalue weighted by Gasteiger charge is 2.25. The van der Waals surface area contributed by atoms with Crippen LogP contribution in [0.1, 0.15) is 0 Å². The lowest BCUT2D eigenvalue weighted by Crippen LogP contribution is -2.36. The molecular formula is C11H20ClN3O4S. The molecule has 1 rings (SSSR count). The van der Waals surface area contributed by atoms with Gasteiger partial charge in [0.2, 0.25) is 10.0 Å². The van der Waals surface area contributed by atoms with Crippen LogP contribution >= 0.6 is 11.6 Å². The molecule has 1 aromatic rings. The molecule has 0 N–H and O–H groups in total. The molecule has 0 aromatic carbocycles. The van der Waals surface area contributed by atoms with Gasteiger partial charge in [-0.2, -0.15) is 9.40 Å². The molecule has 0 spiro atoms. The summed E-state index contributed by atoms with van der Waals surface area (Å²) in [4.78, 5) is 0.148. The van der Waals surface area contributed by atoms with E-state index in [9.17, 15) is 8.42 Å². The van der Waals surface area contributed by atoms with Crippen LogP contribution in [0.2, 0.25) is 0 Å². The minimum Gasteiger partial charge on any atom is -0.383 e. The number of hydrogen-bond acceptors (Lipinski definition) is 5. The lowest BCUT2D eigenvalue weighted by atomic mass is 10.6. The molecule has 0 atom stereocenters. The quantitative estimate of drug-likeness (QED) is 0.582. The van der Waals surface area contributed by atoms with Crippen LogP contribution in [0.5, 0.6) is 0 Å². The van der Waals surface area contributed by atoms with Crippen molar-refractivity contribution in [1.29, 1.82) is 0 Å². The van der Waals surface area contributed by atoms with Crippen LogP contribution in [0.3, 0.4) is 0 Å². The fourth-order valence-corrected chi connectivity index (χ4v) is 3.11. The summed E-state index contributed by atoms with van der Waals surface area (Å²) in [5.74, 6) is 0.373. The number of methoxy groups -OCH3 is 2. The van der Waals surface area contributed by atoms with Crippen molar-refractivity contribution in [2.45, 2.75) is 11.4 Å². The van der Waals surface area contributed by atoms with Crippen LogP contribution in [0, 0.1) is 0 Å². The molecule has 0 aliphatic rings. The van der Waals surface area contributed by atoms with E-state index in [1.165, 1.54) is 35.6 Å². The second-order valence-electron chi connectivity index (χ2n) is 4.02. The molecule has 0 amide bonds. The molecule has 0 aliphatic heterocycles. The third-order valence-electron chi connectivity index (χ3n) is 2.65. The molecule has 1 aromatic heterocycles. The van der Waals surface area contributed by atoms with Crippen LogP contribution in [0.25, 0.3) is 0 Å². The summed E-state index contributed by atoms with van der Waals surface area (Å²) in [5, 5.41) is 3.98. The van der Waals surface area contributed by atoms with Crippen LogP contribution in [0.15, 0.2) is 17.3 Å². The number of aromatic nitrogens is 2. The van der Waals surface area contributed by atoms with E-state index in [-0.39, 0.29) is 18.0 Å². The number of halogens is 1. The number of nitrogens with zero attached hydrogens (tertiary/aromatic N) is 3. The van der Waals surface area contributed by atoms with Gasteiger partial charge in [-0.1, -0.05) is 0 Å². The molecule has 0 fully saturated rings. The molecule has 0 saturated heterocycles. The molecule has 0 bridgehead atoms. The van der Waals surface area contributed by atoms with Gasteiger partial charge in [0.15, 0.2) is 0 Å². The normalized spacial score (nSPS) is 12.2. The van der Waals surface area contributed by atoms with Gasteiger partial charge in [-0.15, -0.1) is 11.6 Å². The van der Waals surface area contributed by atoms with Gasteiger partial charge in [-0.25, -0.2) is 8.42 Å². The molecule has 9 heteroatoms. The summed E-state index contributed by atoms with van der Waals surface area (Å²) >= 11 is 5.61. The van der Waals surface area contributed by atoms with Crippen LogP contribution in [-0.2, 0) is 26.0 Å². The Kier molecular flexibility index (Phi) is 7.46. The molecule has 1 heterocycles. The standard InChI is InChI=1S/C11H20ClN3O4S/c1-18-7-5-15(6-8-19-2)20(16,17)11-9-13-14(10-11)4-3-12/h9-10H,3-8H2,1-2H3. The Morgan fingerprint density at radius 3 is 2.40 bits per heavy atom. The van der Waals surface area contributed by atoms with Crippen molar-refractivity contribution in [2.24, 2.45) is 0 Å². The lowest BCUT2D eigenvalue weighted by Gasteiger charge is -2.20. The van der Waals surface area contributed by atoms with Crippen molar-refractivity contribution >= 4 is 21.6 Å². The van der Waals surface area contributed by atoms with E-state index in [1.807, 2.05) is 0 Å². The summed E-state index contributed by atoms with van der Waals surface area (Å²) in [5.41, 5.74) is 0. The van der Waals surface area contributed by atoms with E-state index in [2.05, 4.69) is 5.10 Å².